The molecule has 0 spiro atoms. The number of nitrogens with one attached hydrogen (secondary N) is 2. The van der Waals surface area contributed by atoms with Gasteiger partial charge in [0.2, 0.25) is 0 Å². The predicted molar refractivity (Wildman–Crippen MR) is 78.8 cm³/mol. The molecule has 5 nitrogen and oxygen atoms in total. The molecule has 3 rings (SSSR count). The summed E-state index contributed by atoms with van der Waals surface area (Å²) in [5, 5.41) is 3.32. The van der Waals surface area contributed by atoms with Gasteiger partial charge in [-0.3, -0.25) is 9.69 Å². The van der Waals surface area contributed by atoms with Crippen molar-refractivity contribution in [3.05, 3.63) is 34.7 Å². The lowest BCUT2D eigenvalue weighted by atomic mass is 10.0. The lowest BCUT2D eigenvalue weighted by molar-refractivity contribution is -0.126. The molecule has 112 valence electrons. The number of imide groups is 1. The Balaban J connectivity index is 0.00000161. The number of aromatic amines is 1. The Morgan fingerprint density at radius 3 is 2.71 bits per heavy atom. The summed E-state index contributed by atoms with van der Waals surface area (Å²) in [5.41, 5.74) is 1.10. The first-order valence-corrected chi connectivity index (χ1v) is 6.39. The lowest BCUT2D eigenvalue weighted by Gasteiger charge is -2.07. The summed E-state index contributed by atoms with van der Waals surface area (Å²) in [6.07, 6.45) is 1.82. The monoisotopic (exact) mass is 311 g/mol. The minimum atomic E-state index is -0.676. The van der Waals surface area contributed by atoms with Crippen molar-refractivity contribution in [2.24, 2.45) is 0 Å². The zero-order chi connectivity index (χ0) is 14.4. The molecule has 1 aliphatic rings. The number of nitrogens with zero attached hydrogens (tertiary/aromatic N) is 1. The van der Waals surface area contributed by atoms with Crippen LogP contribution >= 0.6 is 11.6 Å². The zero-order valence-electron chi connectivity index (χ0n) is 10.5. The van der Waals surface area contributed by atoms with Crippen LogP contribution in [0.3, 0.4) is 0 Å². The van der Waals surface area contributed by atoms with Gasteiger partial charge in [0, 0.05) is 25.1 Å². The van der Waals surface area contributed by atoms with Crippen molar-refractivity contribution in [1.82, 2.24) is 15.2 Å². The number of urea groups is 1. The molecular formula is C14H15ClFN3O2. The van der Waals surface area contributed by atoms with E-state index in [2.05, 4.69) is 10.3 Å². The number of benzene rings is 1. The Kier molecular flexibility index (Phi) is 3.91. The predicted octanol–water partition coefficient (Wildman–Crippen LogP) is 2.69. The van der Waals surface area contributed by atoms with Gasteiger partial charge in [-0.2, -0.15) is 0 Å². The second-order valence-corrected chi connectivity index (χ2v) is 5.10. The Labute approximate surface area is 126 Å². The molecule has 1 aromatic carbocycles. The van der Waals surface area contributed by atoms with E-state index < -0.39 is 17.9 Å². The quantitative estimate of drug-likeness (QED) is 0.838. The van der Waals surface area contributed by atoms with Crippen molar-refractivity contribution in [2.75, 3.05) is 7.05 Å². The molecule has 1 aliphatic heterocycles. The van der Waals surface area contributed by atoms with Crippen LogP contribution in [0.1, 0.15) is 13.0 Å². The summed E-state index contributed by atoms with van der Waals surface area (Å²) in [5.74, 6) is -0.738. The van der Waals surface area contributed by atoms with Crippen LogP contribution in [0, 0.1) is 5.82 Å². The van der Waals surface area contributed by atoms with Gasteiger partial charge in [0.25, 0.3) is 5.91 Å². The van der Waals surface area contributed by atoms with Crippen LogP contribution in [0.15, 0.2) is 18.3 Å². The van der Waals surface area contributed by atoms with Crippen molar-refractivity contribution < 1.29 is 14.0 Å². The Hall–Kier alpha value is -2.08. The summed E-state index contributed by atoms with van der Waals surface area (Å²) in [7, 11) is 1.41. The summed E-state index contributed by atoms with van der Waals surface area (Å²) in [6, 6.07) is 1.63. The van der Waals surface area contributed by atoms with Crippen LogP contribution in [-0.2, 0) is 11.2 Å². The average molecular weight is 312 g/mol. The number of halogens is 2. The summed E-state index contributed by atoms with van der Waals surface area (Å²) in [6.45, 7) is 0. The van der Waals surface area contributed by atoms with Crippen LogP contribution in [0.5, 0.6) is 0 Å². The molecule has 2 aromatic rings. The fourth-order valence-corrected chi connectivity index (χ4v) is 2.61. The first kappa shape index (κ1) is 15.3. The topological polar surface area (TPSA) is 65.2 Å². The van der Waals surface area contributed by atoms with E-state index in [0.717, 1.165) is 4.90 Å². The molecule has 3 amide bonds. The molecule has 0 radical (unpaired) electrons. The maximum absolute atomic E-state index is 13.9. The maximum Gasteiger partial charge on any atom is 0.324 e. The molecule has 7 heteroatoms. The van der Waals surface area contributed by atoms with E-state index >= 15 is 0 Å². The van der Waals surface area contributed by atoms with Crippen molar-refractivity contribution in [3.8, 4) is 0 Å². The lowest BCUT2D eigenvalue weighted by Crippen LogP contribution is -2.31. The Morgan fingerprint density at radius 2 is 2.10 bits per heavy atom. The molecule has 0 unspecified atom stereocenters. The van der Waals surface area contributed by atoms with Gasteiger partial charge in [0.15, 0.2) is 0 Å². The smallest absolute Gasteiger partial charge is 0.324 e. The van der Waals surface area contributed by atoms with Crippen LogP contribution in [-0.4, -0.2) is 34.9 Å². The highest BCUT2D eigenvalue weighted by molar-refractivity contribution is 6.35. The molecule has 1 saturated heterocycles. The molecule has 2 N–H and O–H groups in total. The Bertz CT molecular complexity index is 728. The largest absolute Gasteiger partial charge is 0.360 e. The highest BCUT2D eigenvalue weighted by Crippen LogP contribution is 2.29. The highest BCUT2D eigenvalue weighted by Gasteiger charge is 2.35. The van der Waals surface area contributed by atoms with E-state index in [1.807, 2.05) is 0 Å². The molecule has 0 aliphatic carbocycles. The minimum absolute atomic E-state index is 0. The van der Waals surface area contributed by atoms with E-state index in [9.17, 15) is 14.0 Å². The molecule has 0 bridgehead atoms. The van der Waals surface area contributed by atoms with Crippen LogP contribution in [0.2, 0.25) is 5.02 Å². The van der Waals surface area contributed by atoms with Gasteiger partial charge in [0.1, 0.15) is 11.9 Å². The third-order valence-corrected chi connectivity index (χ3v) is 3.79. The van der Waals surface area contributed by atoms with E-state index in [-0.39, 0.29) is 19.8 Å². The second kappa shape index (κ2) is 5.37. The number of likely N-dealkylation sites (N-methyl/N-ethyl adjacent to an activating group) is 1. The van der Waals surface area contributed by atoms with Gasteiger partial charge in [0.05, 0.1) is 10.5 Å². The fourth-order valence-electron chi connectivity index (χ4n) is 2.40. The van der Waals surface area contributed by atoms with Gasteiger partial charge in [-0.25, -0.2) is 9.18 Å². The molecule has 1 aromatic heterocycles. The molecular weight excluding hydrogens is 297 g/mol. The third kappa shape index (κ3) is 2.35. The first-order chi connectivity index (χ1) is 9.49. The maximum atomic E-state index is 13.9. The zero-order valence-corrected chi connectivity index (χ0v) is 11.3. The van der Waals surface area contributed by atoms with Crippen molar-refractivity contribution in [2.45, 2.75) is 19.9 Å². The average Bonchev–Trinajstić information content (AvgIpc) is 2.94. The number of hydrogen-bond acceptors (Lipinski definition) is 2. The first-order valence-electron chi connectivity index (χ1n) is 6.01. The number of hydrogen-bond donors (Lipinski definition) is 2. The number of aromatic nitrogens is 1. The highest BCUT2D eigenvalue weighted by atomic mass is 35.5. The molecule has 1 fully saturated rings. The van der Waals surface area contributed by atoms with E-state index in [1.165, 1.54) is 19.2 Å². The molecule has 1 atom stereocenters. The third-order valence-electron chi connectivity index (χ3n) is 3.47. The van der Waals surface area contributed by atoms with Gasteiger partial charge < -0.3 is 10.3 Å². The van der Waals surface area contributed by atoms with Crippen LogP contribution < -0.4 is 5.32 Å². The second-order valence-electron chi connectivity index (χ2n) is 4.70. The number of rotatable bonds is 2. The summed E-state index contributed by atoms with van der Waals surface area (Å²) >= 11 is 5.99. The molecule has 2 heterocycles. The minimum Gasteiger partial charge on any atom is -0.360 e. The van der Waals surface area contributed by atoms with E-state index in [4.69, 9.17) is 11.6 Å². The standard InChI is InChI=1S/C13H11ClFN3O2.CH4/c1-18-12(19)9(17-13(18)20)4-6-5-16-11-7(14)2-3-8(15)10(6)11;/h2-3,5,9,16H,4H2,1H3,(H,17,20);1H4/t9-;/m1./s1. The van der Waals surface area contributed by atoms with E-state index in [0.29, 0.717) is 21.5 Å². The van der Waals surface area contributed by atoms with Gasteiger partial charge in [-0.1, -0.05) is 19.0 Å². The summed E-state index contributed by atoms with van der Waals surface area (Å²) in [4.78, 5) is 27.2. The van der Waals surface area contributed by atoms with Crippen LogP contribution in [0.25, 0.3) is 10.9 Å². The van der Waals surface area contributed by atoms with Gasteiger partial charge in [-0.05, 0) is 17.7 Å². The Morgan fingerprint density at radius 1 is 1.38 bits per heavy atom. The summed E-state index contributed by atoms with van der Waals surface area (Å²) < 4.78 is 13.9. The molecule has 0 saturated carbocycles. The SMILES string of the molecule is C.CN1C(=O)N[C@H](Cc2c[nH]c3c(Cl)ccc(F)c23)C1=O. The number of carbonyl (C=O) groups excluding carboxylic acids is 2. The normalized spacial score (nSPS) is 18.0. The van der Waals surface area contributed by atoms with Crippen molar-refractivity contribution in [3.63, 3.8) is 0 Å². The van der Waals surface area contributed by atoms with Gasteiger partial charge in [-0.15, -0.1) is 0 Å². The number of carbonyl (C=O) groups is 2. The van der Waals surface area contributed by atoms with Crippen molar-refractivity contribution >= 4 is 34.4 Å². The van der Waals surface area contributed by atoms with Crippen LogP contribution in [0.4, 0.5) is 9.18 Å². The fraction of sp³-hybridized carbons (Fsp3) is 0.286. The number of amides is 3. The van der Waals surface area contributed by atoms with E-state index in [1.54, 1.807) is 6.20 Å². The van der Waals surface area contributed by atoms with Gasteiger partial charge >= 0.3 is 6.03 Å². The number of fused-ring (bicyclic) bond motifs is 1. The molecule has 21 heavy (non-hydrogen) atoms. The number of H-pyrrole nitrogens is 1. The van der Waals surface area contributed by atoms with Crippen molar-refractivity contribution in [1.29, 1.82) is 0 Å².